The molecule has 1 amide bonds. The number of hydrogen-bond acceptors (Lipinski definition) is 6. The SMILES string of the molecule is CC(OC(=O)c1cccc(O)c1)C(=O)Nc1ccc2c(c1)OCO2. The molecule has 2 aromatic rings. The van der Waals surface area contributed by atoms with E-state index in [1.807, 2.05) is 0 Å². The zero-order valence-corrected chi connectivity index (χ0v) is 12.8. The predicted octanol–water partition coefficient (Wildman–Crippen LogP) is 2.30. The van der Waals surface area contributed by atoms with Gasteiger partial charge in [0.05, 0.1) is 5.56 Å². The van der Waals surface area contributed by atoms with Crippen molar-refractivity contribution in [2.75, 3.05) is 12.1 Å². The van der Waals surface area contributed by atoms with Crippen LogP contribution in [-0.2, 0) is 9.53 Å². The van der Waals surface area contributed by atoms with Gasteiger partial charge in [0.15, 0.2) is 17.6 Å². The Kier molecular flexibility index (Phi) is 4.24. The van der Waals surface area contributed by atoms with Gasteiger partial charge in [0.1, 0.15) is 5.75 Å². The van der Waals surface area contributed by atoms with Crippen LogP contribution >= 0.6 is 0 Å². The van der Waals surface area contributed by atoms with Gasteiger partial charge in [-0.05, 0) is 37.3 Å². The summed E-state index contributed by atoms with van der Waals surface area (Å²) in [6, 6.07) is 10.7. The van der Waals surface area contributed by atoms with Gasteiger partial charge < -0.3 is 24.6 Å². The molecule has 1 heterocycles. The Balaban J connectivity index is 1.61. The monoisotopic (exact) mass is 329 g/mol. The summed E-state index contributed by atoms with van der Waals surface area (Å²) in [5, 5.41) is 12.0. The van der Waals surface area contributed by atoms with Crippen LogP contribution in [0.4, 0.5) is 5.69 Å². The first-order valence-electron chi connectivity index (χ1n) is 7.23. The zero-order valence-electron chi connectivity index (χ0n) is 12.8. The number of carbonyl (C=O) groups is 2. The number of esters is 1. The third kappa shape index (κ3) is 3.40. The van der Waals surface area contributed by atoms with Gasteiger partial charge in [-0.3, -0.25) is 4.79 Å². The zero-order chi connectivity index (χ0) is 17.1. The number of ether oxygens (including phenoxy) is 3. The topological polar surface area (TPSA) is 94.1 Å². The van der Waals surface area contributed by atoms with Crippen LogP contribution in [0.15, 0.2) is 42.5 Å². The molecule has 7 heteroatoms. The van der Waals surface area contributed by atoms with E-state index in [0.717, 1.165) is 0 Å². The van der Waals surface area contributed by atoms with E-state index in [9.17, 15) is 14.7 Å². The molecule has 0 radical (unpaired) electrons. The van der Waals surface area contributed by atoms with Crippen molar-refractivity contribution in [3.63, 3.8) is 0 Å². The predicted molar refractivity (Wildman–Crippen MR) is 84.2 cm³/mol. The molecule has 1 aliphatic heterocycles. The molecular formula is C17H15NO6. The summed E-state index contributed by atoms with van der Waals surface area (Å²) in [5.41, 5.74) is 0.669. The van der Waals surface area contributed by atoms with E-state index in [0.29, 0.717) is 17.2 Å². The smallest absolute Gasteiger partial charge is 0.339 e. The maximum absolute atomic E-state index is 12.1. The lowest BCUT2D eigenvalue weighted by Gasteiger charge is -2.14. The molecular weight excluding hydrogens is 314 g/mol. The van der Waals surface area contributed by atoms with Crippen LogP contribution < -0.4 is 14.8 Å². The van der Waals surface area contributed by atoms with Gasteiger partial charge in [0, 0.05) is 11.8 Å². The first kappa shape index (κ1) is 15.7. The van der Waals surface area contributed by atoms with Crippen molar-refractivity contribution >= 4 is 17.6 Å². The van der Waals surface area contributed by atoms with Crippen LogP contribution in [0.2, 0.25) is 0 Å². The Bertz CT molecular complexity index is 788. The number of rotatable bonds is 4. The molecule has 2 N–H and O–H groups in total. The average Bonchev–Trinajstić information content (AvgIpc) is 3.02. The fraction of sp³-hybridized carbons (Fsp3) is 0.176. The Morgan fingerprint density at radius 3 is 2.75 bits per heavy atom. The molecule has 0 fully saturated rings. The largest absolute Gasteiger partial charge is 0.508 e. The summed E-state index contributed by atoms with van der Waals surface area (Å²) < 4.78 is 15.5. The van der Waals surface area contributed by atoms with Crippen molar-refractivity contribution in [3.8, 4) is 17.2 Å². The Labute approximate surface area is 137 Å². The van der Waals surface area contributed by atoms with E-state index in [1.54, 1.807) is 18.2 Å². The van der Waals surface area contributed by atoms with Gasteiger partial charge in [0.2, 0.25) is 6.79 Å². The van der Waals surface area contributed by atoms with E-state index in [-0.39, 0.29) is 18.1 Å². The van der Waals surface area contributed by atoms with Crippen molar-refractivity contribution in [3.05, 3.63) is 48.0 Å². The summed E-state index contributed by atoms with van der Waals surface area (Å²) in [5.74, 6) is -0.0860. The average molecular weight is 329 g/mol. The molecule has 0 saturated carbocycles. The molecule has 1 aliphatic rings. The van der Waals surface area contributed by atoms with Gasteiger partial charge in [-0.15, -0.1) is 0 Å². The Hall–Kier alpha value is -3.22. The minimum Gasteiger partial charge on any atom is -0.508 e. The maximum Gasteiger partial charge on any atom is 0.339 e. The van der Waals surface area contributed by atoms with E-state index in [1.165, 1.54) is 31.2 Å². The summed E-state index contributed by atoms with van der Waals surface area (Å²) >= 11 is 0. The molecule has 3 rings (SSSR count). The van der Waals surface area contributed by atoms with Crippen molar-refractivity contribution in [2.45, 2.75) is 13.0 Å². The number of benzene rings is 2. The van der Waals surface area contributed by atoms with Gasteiger partial charge >= 0.3 is 5.97 Å². The van der Waals surface area contributed by atoms with E-state index in [4.69, 9.17) is 14.2 Å². The third-order valence-corrected chi connectivity index (χ3v) is 3.38. The number of anilines is 1. The normalized spacial score (nSPS) is 13.2. The Morgan fingerprint density at radius 2 is 1.96 bits per heavy atom. The van der Waals surface area contributed by atoms with Gasteiger partial charge in [-0.2, -0.15) is 0 Å². The molecule has 1 atom stereocenters. The summed E-state index contributed by atoms with van der Waals surface area (Å²) in [4.78, 5) is 24.1. The number of nitrogens with one attached hydrogen (secondary N) is 1. The number of phenols is 1. The molecule has 7 nitrogen and oxygen atoms in total. The summed E-state index contributed by atoms with van der Waals surface area (Å²) in [7, 11) is 0. The number of hydrogen-bond donors (Lipinski definition) is 2. The van der Waals surface area contributed by atoms with E-state index in [2.05, 4.69) is 5.32 Å². The van der Waals surface area contributed by atoms with Crippen LogP contribution in [0.25, 0.3) is 0 Å². The molecule has 0 spiro atoms. The molecule has 0 bridgehead atoms. The fourth-order valence-electron chi connectivity index (χ4n) is 2.13. The van der Waals surface area contributed by atoms with Gasteiger partial charge in [-0.25, -0.2) is 4.79 Å². The number of amides is 1. The molecule has 124 valence electrons. The number of aromatic hydroxyl groups is 1. The molecule has 0 saturated heterocycles. The number of phenolic OH excluding ortho intramolecular Hbond substituents is 1. The fourth-order valence-corrected chi connectivity index (χ4v) is 2.13. The van der Waals surface area contributed by atoms with E-state index >= 15 is 0 Å². The minimum atomic E-state index is -1.01. The first-order chi connectivity index (χ1) is 11.5. The lowest BCUT2D eigenvalue weighted by molar-refractivity contribution is -0.123. The number of fused-ring (bicyclic) bond motifs is 1. The van der Waals surface area contributed by atoms with Gasteiger partial charge in [0.25, 0.3) is 5.91 Å². The lowest BCUT2D eigenvalue weighted by Crippen LogP contribution is -2.29. The second kappa shape index (κ2) is 6.49. The third-order valence-electron chi connectivity index (χ3n) is 3.38. The first-order valence-corrected chi connectivity index (χ1v) is 7.23. The number of carbonyl (C=O) groups excluding carboxylic acids is 2. The quantitative estimate of drug-likeness (QED) is 0.836. The Morgan fingerprint density at radius 1 is 1.17 bits per heavy atom. The highest BCUT2D eigenvalue weighted by Gasteiger charge is 2.20. The second-order valence-corrected chi connectivity index (χ2v) is 5.16. The van der Waals surface area contributed by atoms with Crippen molar-refractivity contribution in [2.24, 2.45) is 0 Å². The van der Waals surface area contributed by atoms with Crippen LogP contribution in [0, 0.1) is 0 Å². The molecule has 0 aliphatic carbocycles. The maximum atomic E-state index is 12.1. The van der Waals surface area contributed by atoms with Crippen molar-refractivity contribution < 1.29 is 28.9 Å². The highest BCUT2D eigenvalue weighted by Crippen LogP contribution is 2.34. The molecule has 1 unspecified atom stereocenters. The highest BCUT2D eigenvalue weighted by molar-refractivity contribution is 5.97. The van der Waals surface area contributed by atoms with Crippen LogP contribution in [0.1, 0.15) is 17.3 Å². The van der Waals surface area contributed by atoms with Crippen LogP contribution in [0.5, 0.6) is 17.2 Å². The molecule has 2 aromatic carbocycles. The second-order valence-electron chi connectivity index (χ2n) is 5.16. The lowest BCUT2D eigenvalue weighted by atomic mass is 10.2. The van der Waals surface area contributed by atoms with Crippen LogP contribution in [0.3, 0.4) is 0 Å². The summed E-state index contributed by atoms with van der Waals surface area (Å²) in [6.45, 7) is 1.60. The van der Waals surface area contributed by atoms with E-state index < -0.39 is 18.0 Å². The van der Waals surface area contributed by atoms with Crippen molar-refractivity contribution in [1.82, 2.24) is 0 Å². The molecule has 24 heavy (non-hydrogen) atoms. The summed E-state index contributed by atoms with van der Waals surface area (Å²) in [6.07, 6.45) is -1.01. The van der Waals surface area contributed by atoms with Crippen LogP contribution in [-0.4, -0.2) is 29.9 Å². The minimum absolute atomic E-state index is 0.0538. The van der Waals surface area contributed by atoms with Crippen molar-refractivity contribution in [1.29, 1.82) is 0 Å². The highest BCUT2D eigenvalue weighted by atomic mass is 16.7. The molecule has 0 aromatic heterocycles. The standard InChI is InChI=1S/C17H15NO6/c1-10(24-17(21)11-3-2-4-13(19)7-11)16(20)18-12-5-6-14-15(8-12)23-9-22-14/h2-8,10,19H,9H2,1H3,(H,18,20). The van der Waals surface area contributed by atoms with Gasteiger partial charge in [-0.1, -0.05) is 6.07 Å².